The quantitative estimate of drug-likeness (QED) is 0.648. The number of nitriles is 1. The molecule has 0 unspecified atom stereocenters. The van der Waals surface area contributed by atoms with Crippen molar-refractivity contribution >= 4 is 38.3 Å². The lowest BCUT2D eigenvalue weighted by Crippen LogP contribution is -2.12. The van der Waals surface area contributed by atoms with Gasteiger partial charge in [0.1, 0.15) is 0 Å². The third-order valence-electron chi connectivity index (χ3n) is 3.89. The number of aromatic nitrogens is 1. The van der Waals surface area contributed by atoms with Crippen LogP contribution in [0, 0.1) is 11.3 Å². The molecule has 3 rings (SSSR count). The van der Waals surface area contributed by atoms with E-state index in [-0.39, 0.29) is 22.7 Å². The fourth-order valence-electron chi connectivity index (χ4n) is 2.60. The molecule has 0 aliphatic carbocycles. The minimum atomic E-state index is -3.90. The summed E-state index contributed by atoms with van der Waals surface area (Å²) in [5, 5.41) is 9.96. The highest BCUT2D eigenvalue weighted by Crippen LogP contribution is 2.28. The van der Waals surface area contributed by atoms with Crippen LogP contribution in [-0.4, -0.2) is 18.2 Å². The Hall–Kier alpha value is -2.62. The Morgan fingerprint density at radius 3 is 2.48 bits per heavy atom. The highest BCUT2D eigenvalue weighted by molar-refractivity contribution is 7.90. The standard InChI is InChI=1S/C18H13ClN2O3S/c1-2-18(22)16-11-21(17-8-3-12(10-20)9-15(16)17)25(23,24)14-6-4-13(19)5-7-14/h3-9,11H,2H2,1H3. The van der Waals surface area contributed by atoms with Gasteiger partial charge in [0, 0.05) is 28.6 Å². The molecule has 0 saturated heterocycles. The number of hydrogen-bond acceptors (Lipinski definition) is 4. The lowest BCUT2D eigenvalue weighted by molar-refractivity contribution is 0.0989. The summed E-state index contributed by atoms with van der Waals surface area (Å²) in [4.78, 5) is 12.3. The van der Waals surface area contributed by atoms with E-state index < -0.39 is 10.0 Å². The van der Waals surface area contributed by atoms with Crippen molar-refractivity contribution in [1.29, 1.82) is 5.26 Å². The maximum atomic E-state index is 13.0. The molecule has 0 spiro atoms. The topological polar surface area (TPSA) is 79.9 Å². The van der Waals surface area contributed by atoms with E-state index in [1.807, 2.05) is 6.07 Å². The summed E-state index contributed by atoms with van der Waals surface area (Å²) in [5.74, 6) is -0.190. The van der Waals surface area contributed by atoms with Crippen molar-refractivity contribution in [1.82, 2.24) is 3.97 Å². The molecule has 0 radical (unpaired) electrons. The first-order valence-electron chi connectivity index (χ1n) is 7.48. The molecule has 1 heterocycles. The molecule has 5 nitrogen and oxygen atoms in total. The van der Waals surface area contributed by atoms with E-state index in [1.54, 1.807) is 6.92 Å². The molecule has 126 valence electrons. The fourth-order valence-corrected chi connectivity index (χ4v) is 4.10. The number of benzene rings is 2. The Morgan fingerprint density at radius 1 is 1.20 bits per heavy atom. The highest BCUT2D eigenvalue weighted by atomic mass is 35.5. The minimum Gasteiger partial charge on any atom is -0.294 e. The first-order chi connectivity index (χ1) is 11.9. The summed E-state index contributed by atoms with van der Waals surface area (Å²) < 4.78 is 27.0. The summed E-state index contributed by atoms with van der Waals surface area (Å²) in [7, 11) is -3.90. The van der Waals surface area contributed by atoms with Crippen molar-refractivity contribution in [2.45, 2.75) is 18.2 Å². The van der Waals surface area contributed by atoms with Crippen molar-refractivity contribution in [2.75, 3.05) is 0 Å². The van der Waals surface area contributed by atoms with Crippen LogP contribution in [0.5, 0.6) is 0 Å². The molecule has 0 amide bonds. The molecule has 1 aromatic heterocycles. The van der Waals surface area contributed by atoms with Crippen LogP contribution < -0.4 is 0 Å². The number of nitrogens with zero attached hydrogens (tertiary/aromatic N) is 2. The average Bonchev–Trinajstić information content (AvgIpc) is 3.00. The number of hydrogen-bond donors (Lipinski definition) is 0. The van der Waals surface area contributed by atoms with Gasteiger partial charge in [-0.1, -0.05) is 18.5 Å². The van der Waals surface area contributed by atoms with Gasteiger partial charge in [-0.15, -0.1) is 0 Å². The summed E-state index contributed by atoms with van der Waals surface area (Å²) in [6.45, 7) is 1.70. The molecule has 0 fully saturated rings. The van der Waals surface area contributed by atoms with Crippen molar-refractivity contribution in [2.24, 2.45) is 0 Å². The molecule has 0 aliphatic rings. The Kier molecular flexibility index (Phi) is 4.38. The molecule has 0 saturated carbocycles. The van der Waals surface area contributed by atoms with Gasteiger partial charge in [-0.25, -0.2) is 12.4 Å². The second kappa shape index (κ2) is 6.36. The summed E-state index contributed by atoms with van der Waals surface area (Å²) in [6.07, 6.45) is 1.55. The molecule has 0 N–H and O–H groups in total. The highest BCUT2D eigenvalue weighted by Gasteiger charge is 2.23. The number of ketones is 1. The van der Waals surface area contributed by atoms with Gasteiger partial charge in [0.25, 0.3) is 10.0 Å². The first-order valence-corrected chi connectivity index (χ1v) is 9.30. The third-order valence-corrected chi connectivity index (χ3v) is 5.83. The number of carbonyl (C=O) groups is 1. The Balaban J connectivity index is 2.31. The molecule has 7 heteroatoms. The number of carbonyl (C=O) groups excluding carboxylic acids is 1. The molecular weight excluding hydrogens is 360 g/mol. The van der Waals surface area contributed by atoms with Crippen molar-refractivity contribution in [3.05, 3.63) is 64.8 Å². The van der Waals surface area contributed by atoms with Crippen LogP contribution in [0.4, 0.5) is 0 Å². The zero-order valence-corrected chi connectivity index (χ0v) is 14.8. The Bertz CT molecular complexity index is 1120. The van der Waals surface area contributed by atoms with E-state index in [4.69, 9.17) is 16.9 Å². The first kappa shape index (κ1) is 17.2. The van der Waals surface area contributed by atoms with E-state index in [1.165, 1.54) is 48.7 Å². The van der Waals surface area contributed by atoms with Gasteiger partial charge in [-0.05, 0) is 42.5 Å². The van der Waals surface area contributed by atoms with E-state index in [2.05, 4.69) is 0 Å². The van der Waals surface area contributed by atoms with E-state index in [0.717, 1.165) is 3.97 Å². The average molecular weight is 373 g/mol. The molecular formula is C18H13ClN2O3S. The van der Waals surface area contributed by atoms with Crippen molar-refractivity contribution in [3.63, 3.8) is 0 Å². The summed E-state index contributed by atoms with van der Waals surface area (Å²) >= 11 is 5.82. The van der Waals surface area contributed by atoms with Crippen LogP contribution in [0.15, 0.2) is 53.6 Å². The van der Waals surface area contributed by atoms with Crippen LogP contribution in [-0.2, 0) is 10.0 Å². The maximum absolute atomic E-state index is 13.0. The minimum absolute atomic E-state index is 0.0636. The largest absolute Gasteiger partial charge is 0.294 e. The van der Waals surface area contributed by atoms with Crippen LogP contribution in [0.3, 0.4) is 0 Å². The van der Waals surface area contributed by atoms with Crippen molar-refractivity contribution in [3.8, 4) is 6.07 Å². The van der Waals surface area contributed by atoms with Gasteiger partial charge in [0.2, 0.25) is 0 Å². The van der Waals surface area contributed by atoms with Gasteiger partial charge >= 0.3 is 0 Å². The van der Waals surface area contributed by atoms with E-state index in [0.29, 0.717) is 21.5 Å². The number of Topliss-reactive ketones (excluding diaryl/α,β-unsaturated/α-hetero) is 1. The second-order valence-corrected chi connectivity index (χ2v) is 7.67. The zero-order chi connectivity index (χ0) is 18.2. The lowest BCUT2D eigenvalue weighted by Gasteiger charge is -2.07. The zero-order valence-electron chi connectivity index (χ0n) is 13.2. The van der Waals surface area contributed by atoms with E-state index >= 15 is 0 Å². The van der Waals surface area contributed by atoms with Crippen LogP contribution in [0.2, 0.25) is 5.02 Å². The van der Waals surface area contributed by atoms with Gasteiger partial charge in [0.15, 0.2) is 5.78 Å². The molecule has 25 heavy (non-hydrogen) atoms. The molecule has 0 bridgehead atoms. The van der Waals surface area contributed by atoms with Crippen LogP contribution in [0.25, 0.3) is 10.9 Å². The van der Waals surface area contributed by atoms with Crippen LogP contribution in [0.1, 0.15) is 29.3 Å². The predicted octanol–water partition coefficient (Wildman–Crippen LogP) is 4.00. The smallest absolute Gasteiger partial charge is 0.268 e. The van der Waals surface area contributed by atoms with Crippen LogP contribution >= 0.6 is 11.6 Å². The third kappa shape index (κ3) is 2.93. The van der Waals surface area contributed by atoms with Gasteiger partial charge < -0.3 is 0 Å². The Labute approximate surface area is 150 Å². The summed E-state index contributed by atoms with van der Waals surface area (Å²) in [5.41, 5.74) is 0.997. The molecule has 3 aromatic rings. The number of rotatable bonds is 4. The second-order valence-electron chi connectivity index (χ2n) is 5.42. The molecule has 2 aromatic carbocycles. The molecule has 0 atom stereocenters. The Morgan fingerprint density at radius 2 is 1.88 bits per heavy atom. The number of halogens is 1. The van der Waals surface area contributed by atoms with Gasteiger partial charge in [-0.2, -0.15) is 5.26 Å². The monoisotopic (exact) mass is 372 g/mol. The summed E-state index contributed by atoms with van der Waals surface area (Å²) in [6, 6.07) is 12.4. The number of fused-ring (bicyclic) bond motifs is 1. The fraction of sp³-hybridized carbons (Fsp3) is 0.111. The lowest BCUT2D eigenvalue weighted by atomic mass is 10.1. The van der Waals surface area contributed by atoms with Crippen molar-refractivity contribution < 1.29 is 13.2 Å². The van der Waals surface area contributed by atoms with Gasteiger partial charge in [0.05, 0.1) is 22.0 Å². The normalized spacial score (nSPS) is 11.4. The van der Waals surface area contributed by atoms with E-state index in [9.17, 15) is 13.2 Å². The van der Waals surface area contributed by atoms with Gasteiger partial charge in [-0.3, -0.25) is 4.79 Å². The maximum Gasteiger partial charge on any atom is 0.268 e. The SMILES string of the molecule is CCC(=O)c1cn(S(=O)(=O)c2ccc(Cl)cc2)c2ccc(C#N)cc12. The predicted molar refractivity (Wildman–Crippen MR) is 95.3 cm³/mol. The molecule has 0 aliphatic heterocycles.